The fourth-order valence-corrected chi connectivity index (χ4v) is 3.40. The van der Waals surface area contributed by atoms with Crippen LogP contribution in [0.2, 0.25) is 0 Å². The maximum absolute atomic E-state index is 3.60. The average molecular weight is 288 g/mol. The van der Waals surface area contributed by atoms with E-state index in [0.717, 1.165) is 5.92 Å². The van der Waals surface area contributed by atoms with Gasteiger partial charge in [-0.25, -0.2) is 0 Å². The molecule has 84 valence electrons. The molecule has 0 aromatic carbocycles. The molecular weight excluding hydrogens is 270 g/mol. The highest BCUT2D eigenvalue weighted by Gasteiger charge is 2.17. The van der Waals surface area contributed by atoms with E-state index in [0.29, 0.717) is 6.04 Å². The molecule has 1 nitrogen and oxygen atoms in total. The average Bonchev–Trinajstić information content (AvgIpc) is 2.56. The fourth-order valence-electron chi connectivity index (χ4n) is 1.95. The molecule has 0 saturated heterocycles. The van der Waals surface area contributed by atoms with Gasteiger partial charge in [0.25, 0.3) is 0 Å². The van der Waals surface area contributed by atoms with Gasteiger partial charge in [-0.3, -0.25) is 0 Å². The van der Waals surface area contributed by atoms with Crippen molar-refractivity contribution in [2.24, 2.45) is 5.92 Å². The SMILES string of the molecule is CC(NCCC1CCC1)c1ccc(Br)s1. The summed E-state index contributed by atoms with van der Waals surface area (Å²) in [5.74, 6) is 1.01. The smallest absolute Gasteiger partial charge is 0.0701 e. The van der Waals surface area contributed by atoms with Crippen molar-refractivity contribution in [2.75, 3.05) is 6.54 Å². The number of rotatable bonds is 5. The third-order valence-corrected chi connectivity index (χ3v) is 5.05. The predicted molar refractivity (Wildman–Crippen MR) is 70.4 cm³/mol. The van der Waals surface area contributed by atoms with Gasteiger partial charge < -0.3 is 5.32 Å². The summed E-state index contributed by atoms with van der Waals surface area (Å²) in [7, 11) is 0. The Balaban J connectivity index is 1.69. The molecule has 1 aliphatic carbocycles. The number of nitrogens with one attached hydrogen (secondary N) is 1. The largest absolute Gasteiger partial charge is 0.309 e. The first kappa shape index (κ1) is 11.6. The molecule has 1 saturated carbocycles. The van der Waals surface area contributed by atoms with Gasteiger partial charge in [-0.1, -0.05) is 19.3 Å². The Morgan fingerprint density at radius 3 is 2.87 bits per heavy atom. The molecule has 2 rings (SSSR count). The van der Waals surface area contributed by atoms with Crippen molar-refractivity contribution < 1.29 is 0 Å². The van der Waals surface area contributed by atoms with Crippen molar-refractivity contribution in [3.8, 4) is 0 Å². The number of hydrogen-bond acceptors (Lipinski definition) is 2. The molecule has 1 aliphatic rings. The van der Waals surface area contributed by atoms with E-state index < -0.39 is 0 Å². The summed E-state index contributed by atoms with van der Waals surface area (Å²) in [6.07, 6.45) is 5.73. The van der Waals surface area contributed by atoms with Crippen LogP contribution in [-0.2, 0) is 0 Å². The zero-order valence-corrected chi connectivity index (χ0v) is 11.5. The molecule has 1 heterocycles. The van der Waals surface area contributed by atoms with E-state index >= 15 is 0 Å². The van der Waals surface area contributed by atoms with E-state index in [1.807, 2.05) is 11.3 Å². The van der Waals surface area contributed by atoms with Gasteiger partial charge in [0.2, 0.25) is 0 Å². The van der Waals surface area contributed by atoms with Crippen LogP contribution in [-0.4, -0.2) is 6.54 Å². The van der Waals surface area contributed by atoms with E-state index in [1.165, 1.54) is 40.9 Å². The third-order valence-electron chi connectivity index (χ3n) is 3.25. The summed E-state index contributed by atoms with van der Waals surface area (Å²) >= 11 is 5.33. The van der Waals surface area contributed by atoms with Crippen LogP contribution >= 0.6 is 27.3 Å². The van der Waals surface area contributed by atoms with E-state index in [2.05, 4.69) is 40.3 Å². The topological polar surface area (TPSA) is 12.0 Å². The molecule has 0 bridgehead atoms. The van der Waals surface area contributed by atoms with Crippen LogP contribution in [0.15, 0.2) is 15.9 Å². The molecule has 1 N–H and O–H groups in total. The molecule has 0 amide bonds. The highest BCUT2D eigenvalue weighted by atomic mass is 79.9. The number of thiophene rings is 1. The number of halogens is 1. The summed E-state index contributed by atoms with van der Waals surface area (Å²) < 4.78 is 1.23. The second kappa shape index (κ2) is 5.46. The van der Waals surface area contributed by atoms with E-state index in [-0.39, 0.29) is 0 Å². The van der Waals surface area contributed by atoms with Gasteiger partial charge in [0.1, 0.15) is 0 Å². The quantitative estimate of drug-likeness (QED) is 0.849. The van der Waals surface area contributed by atoms with Crippen LogP contribution in [0.5, 0.6) is 0 Å². The Bertz CT molecular complexity index is 306. The Morgan fingerprint density at radius 2 is 2.33 bits per heavy atom. The van der Waals surface area contributed by atoms with Crippen LogP contribution in [0, 0.1) is 5.92 Å². The fraction of sp³-hybridized carbons (Fsp3) is 0.667. The summed E-state index contributed by atoms with van der Waals surface area (Å²) in [5.41, 5.74) is 0. The molecule has 1 atom stereocenters. The monoisotopic (exact) mass is 287 g/mol. The van der Waals surface area contributed by atoms with Crippen LogP contribution in [0.4, 0.5) is 0 Å². The van der Waals surface area contributed by atoms with Crippen LogP contribution in [0.1, 0.15) is 43.5 Å². The van der Waals surface area contributed by atoms with Crippen molar-refractivity contribution >= 4 is 27.3 Å². The molecule has 1 aromatic rings. The second-order valence-corrected chi connectivity index (χ2v) is 6.90. The van der Waals surface area contributed by atoms with Crippen molar-refractivity contribution in [1.82, 2.24) is 5.32 Å². The Labute approximate surface area is 104 Å². The molecular formula is C12H18BrNS. The van der Waals surface area contributed by atoms with Gasteiger partial charge in [0, 0.05) is 10.9 Å². The van der Waals surface area contributed by atoms with Crippen LogP contribution in [0.3, 0.4) is 0 Å². The van der Waals surface area contributed by atoms with Gasteiger partial charge >= 0.3 is 0 Å². The lowest BCUT2D eigenvalue weighted by Gasteiger charge is -2.25. The lowest BCUT2D eigenvalue weighted by Crippen LogP contribution is -2.23. The minimum atomic E-state index is 0.501. The highest BCUT2D eigenvalue weighted by Crippen LogP contribution is 2.30. The minimum Gasteiger partial charge on any atom is -0.309 e. The zero-order valence-electron chi connectivity index (χ0n) is 9.13. The van der Waals surface area contributed by atoms with E-state index in [1.54, 1.807) is 0 Å². The Morgan fingerprint density at radius 1 is 1.53 bits per heavy atom. The molecule has 0 aliphatic heterocycles. The van der Waals surface area contributed by atoms with Gasteiger partial charge in [-0.2, -0.15) is 0 Å². The Hall–Kier alpha value is 0.140. The van der Waals surface area contributed by atoms with Gasteiger partial charge in [-0.15, -0.1) is 11.3 Å². The first-order valence-electron chi connectivity index (χ1n) is 5.74. The molecule has 1 unspecified atom stereocenters. The normalized spacial score (nSPS) is 18.8. The molecule has 1 aromatic heterocycles. The third kappa shape index (κ3) is 3.30. The summed E-state index contributed by atoms with van der Waals surface area (Å²) in [4.78, 5) is 1.43. The first-order chi connectivity index (χ1) is 7.25. The summed E-state index contributed by atoms with van der Waals surface area (Å²) in [5, 5.41) is 3.60. The minimum absolute atomic E-state index is 0.501. The maximum Gasteiger partial charge on any atom is 0.0701 e. The predicted octanol–water partition coefficient (Wildman–Crippen LogP) is 4.35. The van der Waals surface area contributed by atoms with Gasteiger partial charge in [-0.05, 0) is 53.9 Å². The number of hydrogen-bond donors (Lipinski definition) is 1. The van der Waals surface area contributed by atoms with E-state index in [9.17, 15) is 0 Å². The molecule has 0 radical (unpaired) electrons. The summed E-state index contributed by atoms with van der Waals surface area (Å²) in [6, 6.07) is 4.83. The maximum atomic E-state index is 3.60. The molecule has 3 heteroatoms. The van der Waals surface area contributed by atoms with Crippen molar-refractivity contribution in [3.63, 3.8) is 0 Å². The summed E-state index contributed by atoms with van der Waals surface area (Å²) in [6.45, 7) is 3.42. The van der Waals surface area contributed by atoms with Crippen molar-refractivity contribution in [3.05, 3.63) is 20.8 Å². The molecule has 15 heavy (non-hydrogen) atoms. The van der Waals surface area contributed by atoms with E-state index in [4.69, 9.17) is 0 Å². The molecule has 0 spiro atoms. The lowest BCUT2D eigenvalue weighted by atomic mass is 9.83. The second-order valence-electron chi connectivity index (χ2n) is 4.40. The highest BCUT2D eigenvalue weighted by molar-refractivity contribution is 9.11. The van der Waals surface area contributed by atoms with Crippen molar-refractivity contribution in [1.29, 1.82) is 0 Å². The Kier molecular flexibility index (Phi) is 4.23. The lowest BCUT2D eigenvalue weighted by molar-refractivity contribution is 0.289. The van der Waals surface area contributed by atoms with Crippen molar-refractivity contribution in [2.45, 2.75) is 38.6 Å². The first-order valence-corrected chi connectivity index (χ1v) is 7.35. The van der Waals surface area contributed by atoms with Crippen LogP contribution in [0.25, 0.3) is 0 Å². The van der Waals surface area contributed by atoms with Gasteiger partial charge in [0.05, 0.1) is 3.79 Å². The zero-order chi connectivity index (χ0) is 10.7. The standard InChI is InChI=1S/C12H18BrNS/c1-9(11-5-6-12(13)15-11)14-8-7-10-3-2-4-10/h5-6,9-10,14H,2-4,7-8H2,1H3. The van der Waals surface area contributed by atoms with Gasteiger partial charge in [0.15, 0.2) is 0 Å². The van der Waals surface area contributed by atoms with Crippen LogP contribution < -0.4 is 5.32 Å². The molecule has 1 fully saturated rings.